The molecule has 0 radical (unpaired) electrons. The molecule has 4 rings (SSSR count). The fourth-order valence-corrected chi connectivity index (χ4v) is 4.17. The van der Waals surface area contributed by atoms with E-state index in [4.69, 9.17) is 0 Å². The standard InChI is InChI=1S/C17H23N3O/c21-17(19-14-7-9-20-8-3-6-16(14)20)15-10-12-4-1-2-5-13(12)11-18-15/h1-2,4-5,14-16,18H,3,6-11H2,(H,19,21). The first-order chi connectivity index (χ1) is 10.3. The number of amides is 1. The van der Waals surface area contributed by atoms with Gasteiger partial charge < -0.3 is 10.6 Å². The number of rotatable bonds is 2. The van der Waals surface area contributed by atoms with Gasteiger partial charge in [-0.1, -0.05) is 24.3 Å². The average Bonchev–Trinajstić information content (AvgIpc) is 3.12. The van der Waals surface area contributed by atoms with E-state index in [0.29, 0.717) is 12.1 Å². The van der Waals surface area contributed by atoms with Crippen molar-refractivity contribution in [1.82, 2.24) is 15.5 Å². The highest BCUT2D eigenvalue weighted by Crippen LogP contribution is 2.28. The van der Waals surface area contributed by atoms with Crippen LogP contribution in [0.25, 0.3) is 0 Å². The molecule has 3 aliphatic rings. The van der Waals surface area contributed by atoms with Crippen molar-refractivity contribution in [3.8, 4) is 0 Å². The summed E-state index contributed by atoms with van der Waals surface area (Å²) in [6.45, 7) is 3.16. The predicted octanol–water partition coefficient (Wildman–Crippen LogP) is 1.05. The van der Waals surface area contributed by atoms with Crippen LogP contribution in [0.15, 0.2) is 24.3 Å². The maximum Gasteiger partial charge on any atom is 0.237 e. The molecule has 4 nitrogen and oxygen atoms in total. The molecule has 2 N–H and O–H groups in total. The average molecular weight is 285 g/mol. The molecule has 1 aromatic carbocycles. The van der Waals surface area contributed by atoms with Crippen molar-refractivity contribution in [3.05, 3.63) is 35.4 Å². The van der Waals surface area contributed by atoms with Gasteiger partial charge in [0.2, 0.25) is 5.91 Å². The molecule has 0 bridgehead atoms. The first-order valence-corrected chi connectivity index (χ1v) is 8.16. The zero-order valence-electron chi connectivity index (χ0n) is 12.3. The van der Waals surface area contributed by atoms with Gasteiger partial charge in [0.15, 0.2) is 0 Å². The Kier molecular flexibility index (Phi) is 3.43. The van der Waals surface area contributed by atoms with Crippen LogP contribution in [0.4, 0.5) is 0 Å². The van der Waals surface area contributed by atoms with E-state index in [2.05, 4.69) is 39.8 Å². The van der Waals surface area contributed by atoms with Crippen molar-refractivity contribution < 1.29 is 4.79 Å². The Labute approximate surface area is 125 Å². The minimum absolute atomic E-state index is 0.0737. The lowest BCUT2D eigenvalue weighted by atomic mass is 9.95. The fourth-order valence-electron chi connectivity index (χ4n) is 4.17. The Balaban J connectivity index is 1.40. The van der Waals surface area contributed by atoms with Gasteiger partial charge in [0.05, 0.1) is 6.04 Å². The third-order valence-corrected chi connectivity index (χ3v) is 5.33. The number of fused-ring (bicyclic) bond motifs is 2. The number of hydrogen-bond acceptors (Lipinski definition) is 3. The van der Waals surface area contributed by atoms with Crippen molar-refractivity contribution in [1.29, 1.82) is 0 Å². The van der Waals surface area contributed by atoms with Gasteiger partial charge in [-0.05, 0) is 43.4 Å². The van der Waals surface area contributed by atoms with Crippen molar-refractivity contribution in [3.63, 3.8) is 0 Å². The first-order valence-electron chi connectivity index (χ1n) is 8.16. The van der Waals surface area contributed by atoms with E-state index >= 15 is 0 Å². The number of nitrogens with zero attached hydrogens (tertiary/aromatic N) is 1. The lowest BCUT2D eigenvalue weighted by Gasteiger charge is -2.28. The quantitative estimate of drug-likeness (QED) is 0.854. The van der Waals surface area contributed by atoms with Gasteiger partial charge in [0.25, 0.3) is 0 Å². The van der Waals surface area contributed by atoms with E-state index in [0.717, 1.165) is 25.9 Å². The van der Waals surface area contributed by atoms with Gasteiger partial charge in [-0.3, -0.25) is 9.69 Å². The lowest BCUT2D eigenvalue weighted by Crippen LogP contribution is -2.52. The van der Waals surface area contributed by atoms with Crippen LogP contribution < -0.4 is 10.6 Å². The Bertz CT molecular complexity index is 545. The number of carbonyl (C=O) groups is 1. The molecule has 3 heterocycles. The van der Waals surface area contributed by atoms with Crippen molar-refractivity contribution >= 4 is 5.91 Å². The number of nitrogens with one attached hydrogen (secondary N) is 2. The monoisotopic (exact) mass is 285 g/mol. The van der Waals surface area contributed by atoms with Crippen molar-refractivity contribution in [2.45, 2.75) is 50.4 Å². The Morgan fingerprint density at radius 1 is 1.19 bits per heavy atom. The second-order valence-electron chi connectivity index (χ2n) is 6.56. The van der Waals surface area contributed by atoms with E-state index < -0.39 is 0 Å². The van der Waals surface area contributed by atoms with Gasteiger partial charge in [-0.15, -0.1) is 0 Å². The Hall–Kier alpha value is -1.39. The molecule has 0 spiro atoms. The summed E-state index contributed by atoms with van der Waals surface area (Å²) in [5.41, 5.74) is 2.63. The summed E-state index contributed by atoms with van der Waals surface area (Å²) in [4.78, 5) is 15.1. The van der Waals surface area contributed by atoms with Crippen molar-refractivity contribution in [2.24, 2.45) is 0 Å². The summed E-state index contributed by atoms with van der Waals surface area (Å²) in [6, 6.07) is 9.29. The zero-order chi connectivity index (χ0) is 14.2. The van der Waals surface area contributed by atoms with E-state index in [-0.39, 0.29) is 11.9 Å². The Morgan fingerprint density at radius 3 is 2.95 bits per heavy atom. The van der Waals surface area contributed by atoms with Crippen LogP contribution in [0.3, 0.4) is 0 Å². The number of benzene rings is 1. The van der Waals surface area contributed by atoms with E-state index in [1.54, 1.807) is 0 Å². The SMILES string of the molecule is O=C(NC1CCN2CCCC12)C1Cc2ccccc2CN1. The summed E-state index contributed by atoms with van der Waals surface area (Å²) < 4.78 is 0. The van der Waals surface area contributed by atoms with E-state index in [1.165, 1.54) is 30.5 Å². The molecule has 2 fully saturated rings. The molecule has 0 aliphatic carbocycles. The highest BCUT2D eigenvalue weighted by Gasteiger charge is 2.38. The molecule has 1 aromatic rings. The van der Waals surface area contributed by atoms with Crippen LogP contribution in [0.2, 0.25) is 0 Å². The molecule has 1 amide bonds. The molecule has 2 saturated heterocycles. The molecule has 0 aromatic heterocycles. The van der Waals surface area contributed by atoms with Crippen molar-refractivity contribution in [2.75, 3.05) is 13.1 Å². The van der Waals surface area contributed by atoms with Crippen LogP contribution >= 0.6 is 0 Å². The topological polar surface area (TPSA) is 44.4 Å². The molecule has 0 saturated carbocycles. The highest BCUT2D eigenvalue weighted by molar-refractivity contribution is 5.82. The predicted molar refractivity (Wildman–Crippen MR) is 81.9 cm³/mol. The van der Waals surface area contributed by atoms with E-state index in [9.17, 15) is 4.79 Å². The van der Waals surface area contributed by atoms with Crippen LogP contribution in [0.5, 0.6) is 0 Å². The molecule has 112 valence electrons. The minimum atomic E-state index is -0.0737. The van der Waals surface area contributed by atoms with Gasteiger partial charge in [-0.2, -0.15) is 0 Å². The van der Waals surface area contributed by atoms with E-state index in [1.807, 2.05) is 0 Å². The Morgan fingerprint density at radius 2 is 2.05 bits per heavy atom. The smallest absolute Gasteiger partial charge is 0.237 e. The second kappa shape index (κ2) is 5.43. The fraction of sp³-hybridized carbons (Fsp3) is 0.588. The summed E-state index contributed by atoms with van der Waals surface area (Å²) in [6.07, 6.45) is 4.45. The molecular formula is C17H23N3O. The molecule has 3 unspecified atom stereocenters. The molecule has 3 aliphatic heterocycles. The minimum Gasteiger partial charge on any atom is -0.350 e. The first kappa shape index (κ1) is 13.3. The van der Waals surface area contributed by atoms with Gasteiger partial charge in [0, 0.05) is 25.2 Å². The summed E-state index contributed by atoms with van der Waals surface area (Å²) in [7, 11) is 0. The maximum absolute atomic E-state index is 12.6. The third kappa shape index (κ3) is 2.47. The van der Waals surface area contributed by atoms with Crippen LogP contribution in [-0.4, -0.2) is 42.0 Å². The summed E-state index contributed by atoms with van der Waals surface area (Å²) in [5.74, 6) is 0.184. The molecule has 4 heteroatoms. The summed E-state index contributed by atoms with van der Waals surface area (Å²) >= 11 is 0. The van der Waals surface area contributed by atoms with Gasteiger partial charge >= 0.3 is 0 Å². The third-order valence-electron chi connectivity index (χ3n) is 5.33. The van der Waals surface area contributed by atoms with Crippen LogP contribution in [0.1, 0.15) is 30.4 Å². The maximum atomic E-state index is 12.6. The van der Waals surface area contributed by atoms with Gasteiger partial charge in [-0.25, -0.2) is 0 Å². The second-order valence-corrected chi connectivity index (χ2v) is 6.56. The van der Waals surface area contributed by atoms with Gasteiger partial charge in [0.1, 0.15) is 0 Å². The van der Waals surface area contributed by atoms with Crippen LogP contribution in [-0.2, 0) is 17.8 Å². The number of carbonyl (C=O) groups excluding carboxylic acids is 1. The largest absolute Gasteiger partial charge is 0.350 e. The highest BCUT2D eigenvalue weighted by atomic mass is 16.2. The number of hydrogen-bond donors (Lipinski definition) is 2. The lowest BCUT2D eigenvalue weighted by molar-refractivity contribution is -0.124. The zero-order valence-corrected chi connectivity index (χ0v) is 12.3. The summed E-state index contributed by atoms with van der Waals surface area (Å²) in [5, 5.41) is 6.69. The van der Waals surface area contributed by atoms with Crippen LogP contribution in [0, 0.1) is 0 Å². The molecular weight excluding hydrogens is 262 g/mol. The molecule has 3 atom stereocenters. The molecule has 21 heavy (non-hydrogen) atoms. The normalized spacial score (nSPS) is 31.7.